The van der Waals surface area contributed by atoms with Gasteiger partial charge in [0.15, 0.2) is 0 Å². The fourth-order valence-corrected chi connectivity index (χ4v) is 2.64. The van der Waals surface area contributed by atoms with E-state index in [1.807, 2.05) is 19.2 Å². The molecule has 2 nitrogen and oxygen atoms in total. The molecule has 1 heterocycles. The van der Waals surface area contributed by atoms with Crippen LogP contribution in [0.1, 0.15) is 29.9 Å². The number of rotatable bonds is 5. The van der Waals surface area contributed by atoms with Crippen LogP contribution in [0.3, 0.4) is 0 Å². The van der Waals surface area contributed by atoms with Gasteiger partial charge in [0.2, 0.25) is 0 Å². The maximum Gasteiger partial charge on any atom is 0.126 e. The summed E-state index contributed by atoms with van der Waals surface area (Å²) in [5, 5.41) is 3.23. The van der Waals surface area contributed by atoms with Gasteiger partial charge in [-0.05, 0) is 43.3 Å². The molecule has 0 amide bonds. The summed E-state index contributed by atoms with van der Waals surface area (Å²) in [5.41, 5.74) is 1.79. The summed E-state index contributed by atoms with van der Waals surface area (Å²) in [6, 6.07) is 7.03. The summed E-state index contributed by atoms with van der Waals surface area (Å²) in [6.07, 6.45) is 3.12. The summed E-state index contributed by atoms with van der Waals surface area (Å²) in [4.78, 5) is 0. The molecule has 102 valence electrons. The smallest absolute Gasteiger partial charge is 0.126 e. The van der Waals surface area contributed by atoms with Crippen LogP contribution in [-0.4, -0.2) is 7.05 Å². The van der Waals surface area contributed by atoms with Gasteiger partial charge < -0.3 is 9.73 Å². The number of halogens is 2. The third-order valence-corrected chi connectivity index (χ3v) is 3.75. The first-order valence-electron chi connectivity index (χ1n) is 6.33. The van der Waals surface area contributed by atoms with E-state index in [1.165, 1.54) is 6.07 Å². The number of hydrogen-bond acceptors (Lipinski definition) is 2. The number of furan rings is 1. The van der Waals surface area contributed by atoms with Crippen LogP contribution in [0.25, 0.3) is 0 Å². The molecule has 0 saturated carbocycles. The third-order valence-electron chi connectivity index (χ3n) is 3.26. The number of nitrogens with one attached hydrogen (secondary N) is 1. The van der Waals surface area contributed by atoms with Crippen molar-refractivity contribution in [2.75, 3.05) is 7.05 Å². The Morgan fingerprint density at radius 3 is 2.84 bits per heavy atom. The molecule has 0 radical (unpaired) electrons. The van der Waals surface area contributed by atoms with Crippen LogP contribution in [0.2, 0.25) is 0 Å². The fraction of sp³-hybridized carbons (Fsp3) is 0.333. The second kappa shape index (κ2) is 6.35. The highest BCUT2D eigenvalue weighted by molar-refractivity contribution is 9.10. The molecule has 4 heteroatoms. The van der Waals surface area contributed by atoms with Crippen LogP contribution in [-0.2, 0) is 12.8 Å². The molecule has 2 aromatic rings. The average Bonchev–Trinajstić information content (AvgIpc) is 2.88. The highest BCUT2D eigenvalue weighted by atomic mass is 79.9. The Balaban J connectivity index is 2.26. The maximum atomic E-state index is 13.8. The van der Waals surface area contributed by atoms with Gasteiger partial charge in [-0.3, -0.25) is 0 Å². The summed E-state index contributed by atoms with van der Waals surface area (Å²) in [7, 11) is 1.88. The van der Waals surface area contributed by atoms with Gasteiger partial charge in [0.25, 0.3) is 0 Å². The lowest BCUT2D eigenvalue weighted by Gasteiger charge is -2.17. The van der Waals surface area contributed by atoms with Crippen LogP contribution in [0, 0.1) is 5.82 Å². The van der Waals surface area contributed by atoms with Crippen LogP contribution < -0.4 is 5.32 Å². The lowest BCUT2D eigenvalue weighted by Crippen LogP contribution is -2.20. The molecule has 0 aliphatic heterocycles. The SMILES string of the molecule is CCc1occc1C(Cc1cc(Br)ccc1F)NC. The van der Waals surface area contributed by atoms with E-state index in [1.54, 1.807) is 12.3 Å². The van der Waals surface area contributed by atoms with Gasteiger partial charge >= 0.3 is 0 Å². The maximum absolute atomic E-state index is 13.8. The summed E-state index contributed by atoms with van der Waals surface area (Å²) in [5.74, 6) is 0.778. The van der Waals surface area contributed by atoms with Crippen molar-refractivity contribution in [1.82, 2.24) is 5.32 Å². The normalized spacial score (nSPS) is 12.6. The quantitative estimate of drug-likeness (QED) is 0.889. The van der Waals surface area contributed by atoms with E-state index in [0.717, 1.165) is 22.2 Å². The van der Waals surface area contributed by atoms with E-state index in [2.05, 4.69) is 28.2 Å². The van der Waals surface area contributed by atoms with Gasteiger partial charge in [-0.2, -0.15) is 0 Å². The minimum Gasteiger partial charge on any atom is -0.469 e. The first-order chi connectivity index (χ1) is 9.15. The lowest BCUT2D eigenvalue weighted by atomic mass is 9.98. The highest BCUT2D eigenvalue weighted by Gasteiger charge is 2.17. The average molecular weight is 326 g/mol. The first-order valence-corrected chi connectivity index (χ1v) is 7.12. The second-order valence-electron chi connectivity index (χ2n) is 4.43. The molecular formula is C15H17BrFNO. The standard InChI is InChI=1S/C15H17BrFNO/c1-3-15-12(6-7-19-15)14(18-2)9-10-8-11(16)4-5-13(10)17/h4-8,14,18H,3,9H2,1-2H3. The third kappa shape index (κ3) is 3.25. The van der Waals surface area contributed by atoms with Gasteiger partial charge in [-0.25, -0.2) is 4.39 Å². The summed E-state index contributed by atoms with van der Waals surface area (Å²) < 4.78 is 20.2. The Morgan fingerprint density at radius 1 is 1.37 bits per heavy atom. The van der Waals surface area contributed by atoms with E-state index in [-0.39, 0.29) is 11.9 Å². The predicted molar refractivity (Wildman–Crippen MR) is 77.7 cm³/mol. The van der Waals surface area contributed by atoms with Crippen molar-refractivity contribution in [3.05, 3.63) is 57.7 Å². The second-order valence-corrected chi connectivity index (χ2v) is 5.35. The zero-order chi connectivity index (χ0) is 13.8. The van der Waals surface area contributed by atoms with E-state index in [4.69, 9.17) is 4.42 Å². The van der Waals surface area contributed by atoms with Gasteiger partial charge in [0, 0.05) is 22.5 Å². The molecule has 0 fully saturated rings. The molecule has 1 N–H and O–H groups in total. The first kappa shape index (κ1) is 14.3. The number of benzene rings is 1. The molecule has 1 unspecified atom stereocenters. The van der Waals surface area contributed by atoms with Crippen molar-refractivity contribution in [1.29, 1.82) is 0 Å². The van der Waals surface area contributed by atoms with Gasteiger partial charge in [0.05, 0.1) is 6.26 Å². The van der Waals surface area contributed by atoms with E-state index < -0.39 is 0 Å². The van der Waals surface area contributed by atoms with E-state index in [0.29, 0.717) is 12.0 Å². The van der Waals surface area contributed by atoms with Crippen molar-refractivity contribution >= 4 is 15.9 Å². The lowest BCUT2D eigenvalue weighted by molar-refractivity contribution is 0.491. The molecular weight excluding hydrogens is 309 g/mol. The van der Waals surface area contributed by atoms with Gasteiger partial charge in [-0.15, -0.1) is 0 Å². The molecule has 0 saturated heterocycles. The molecule has 2 rings (SSSR count). The van der Waals surface area contributed by atoms with Crippen molar-refractivity contribution in [3.8, 4) is 0 Å². The molecule has 0 spiro atoms. The molecule has 1 atom stereocenters. The van der Waals surface area contributed by atoms with Crippen LogP contribution >= 0.6 is 15.9 Å². The van der Waals surface area contributed by atoms with Crippen LogP contribution in [0.4, 0.5) is 4.39 Å². The van der Waals surface area contributed by atoms with E-state index in [9.17, 15) is 4.39 Å². The molecule has 0 aliphatic rings. The Hall–Kier alpha value is -1.13. The number of aryl methyl sites for hydroxylation is 1. The van der Waals surface area contributed by atoms with Gasteiger partial charge in [-0.1, -0.05) is 22.9 Å². The summed E-state index contributed by atoms with van der Waals surface area (Å²) in [6.45, 7) is 2.05. The van der Waals surface area contributed by atoms with Crippen molar-refractivity contribution < 1.29 is 8.81 Å². The number of likely N-dealkylation sites (N-methyl/N-ethyl adjacent to an activating group) is 1. The molecule has 19 heavy (non-hydrogen) atoms. The van der Waals surface area contributed by atoms with Crippen LogP contribution in [0.5, 0.6) is 0 Å². The Morgan fingerprint density at radius 2 is 2.16 bits per heavy atom. The van der Waals surface area contributed by atoms with Gasteiger partial charge in [0.1, 0.15) is 11.6 Å². The largest absolute Gasteiger partial charge is 0.469 e. The fourth-order valence-electron chi connectivity index (χ4n) is 2.24. The zero-order valence-electron chi connectivity index (χ0n) is 11.0. The minimum absolute atomic E-state index is 0.0532. The Bertz CT molecular complexity index is 553. The minimum atomic E-state index is -0.176. The zero-order valence-corrected chi connectivity index (χ0v) is 12.6. The molecule has 0 aliphatic carbocycles. The molecule has 0 bridgehead atoms. The van der Waals surface area contributed by atoms with Crippen molar-refractivity contribution in [3.63, 3.8) is 0 Å². The van der Waals surface area contributed by atoms with Crippen LogP contribution in [0.15, 0.2) is 39.4 Å². The Labute approximate surface area is 121 Å². The van der Waals surface area contributed by atoms with Crippen molar-refractivity contribution in [2.24, 2.45) is 0 Å². The topological polar surface area (TPSA) is 25.2 Å². The van der Waals surface area contributed by atoms with E-state index >= 15 is 0 Å². The predicted octanol–water partition coefficient (Wildman–Crippen LogP) is 4.25. The monoisotopic (exact) mass is 325 g/mol. The van der Waals surface area contributed by atoms with Crippen molar-refractivity contribution in [2.45, 2.75) is 25.8 Å². The summed E-state index contributed by atoms with van der Waals surface area (Å²) >= 11 is 3.38. The highest BCUT2D eigenvalue weighted by Crippen LogP contribution is 2.26. The Kier molecular flexibility index (Phi) is 4.77. The molecule has 1 aromatic carbocycles. The number of hydrogen-bond donors (Lipinski definition) is 1. The molecule has 1 aromatic heterocycles.